The standard InChI is InChI=1S/C7H12O5/c1-10-7-5(9)6-4(8)3(12-7)2-11-6/h3-9H,2H2,1H3/t3?,4-,5+,6?,7+/m0/s1. The molecule has 5 heteroatoms. The second kappa shape index (κ2) is 2.93. The van der Waals surface area contributed by atoms with Crippen LogP contribution in [0.25, 0.3) is 0 Å². The maximum absolute atomic E-state index is 9.49. The molecule has 0 saturated carbocycles. The normalized spacial score (nSPS) is 52.8. The minimum atomic E-state index is -0.899. The Kier molecular flexibility index (Phi) is 2.05. The third kappa shape index (κ3) is 1.06. The maximum Gasteiger partial charge on any atom is 0.186 e. The van der Waals surface area contributed by atoms with Crippen LogP contribution in [0.5, 0.6) is 0 Å². The van der Waals surface area contributed by atoms with Crippen molar-refractivity contribution < 1.29 is 24.4 Å². The summed E-state index contributed by atoms with van der Waals surface area (Å²) in [5.74, 6) is 0. The van der Waals surface area contributed by atoms with Crippen LogP contribution in [-0.2, 0) is 14.2 Å². The minimum Gasteiger partial charge on any atom is -0.387 e. The maximum atomic E-state index is 9.49. The Balaban J connectivity index is 2.12. The molecule has 0 aromatic rings. The number of hydrogen-bond donors (Lipinski definition) is 2. The molecule has 2 aliphatic heterocycles. The predicted molar refractivity (Wildman–Crippen MR) is 37.4 cm³/mol. The molecular formula is C7H12O5. The molecule has 0 aliphatic carbocycles. The predicted octanol–water partition coefficient (Wildman–Crippen LogP) is -1.52. The van der Waals surface area contributed by atoms with Crippen LogP contribution in [0.3, 0.4) is 0 Å². The highest BCUT2D eigenvalue weighted by atomic mass is 16.7. The Bertz CT molecular complexity index is 173. The number of fused-ring (bicyclic) bond motifs is 2. The molecule has 2 bridgehead atoms. The van der Waals surface area contributed by atoms with Gasteiger partial charge in [0.25, 0.3) is 0 Å². The molecule has 2 aliphatic rings. The van der Waals surface area contributed by atoms with Crippen LogP contribution in [0, 0.1) is 0 Å². The summed E-state index contributed by atoms with van der Waals surface area (Å²) < 4.78 is 15.2. The van der Waals surface area contributed by atoms with E-state index in [0.717, 1.165) is 0 Å². The van der Waals surface area contributed by atoms with Crippen molar-refractivity contribution in [1.82, 2.24) is 0 Å². The Morgan fingerprint density at radius 3 is 2.75 bits per heavy atom. The first-order valence-corrected chi connectivity index (χ1v) is 3.90. The van der Waals surface area contributed by atoms with E-state index in [-0.39, 0.29) is 6.10 Å². The lowest BCUT2D eigenvalue weighted by Gasteiger charge is -2.33. The average Bonchev–Trinajstić information content (AvgIpc) is 2.31. The number of ether oxygens (including phenoxy) is 3. The Labute approximate surface area is 69.8 Å². The van der Waals surface area contributed by atoms with Gasteiger partial charge in [-0.3, -0.25) is 0 Å². The van der Waals surface area contributed by atoms with Crippen molar-refractivity contribution in [2.45, 2.75) is 30.7 Å². The highest BCUT2D eigenvalue weighted by Crippen LogP contribution is 2.29. The summed E-state index contributed by atoms with van der Waals surface area (Å²) in [5.41, 5.74) is 0. The van der Waals surface area contributed by atoms with Crippen molar-refractivity contribution >= 4 is 0 Å². The fraction of sp³-hybridized carbons (Fsp3) is 1.00. The molecule has 0 amide bonds. The summed E-state index contributed by atoms with van der Waals surface area (Å²) >= 11 is 0. The molecule has 2 rings (SSSR count). The van der Waals surface area contributed by atoms with E-state index in [0.29, 0.717) is 6.61 Å². The number of aliphatic hydroxyl groups is 2. The average molecular weight is 176 g/mol. The fourth-order valence-corrected chi connectivity index (χ4v) is 1.64. The van der Waals surface area contributed by atoms with Crippen LogP contribution in [0.1, 0.15) is 0 Å². The van der Waals surface area contributed by atoms with Crippen LogP contribution in [0.15, 0.2) is 0 Å². The topological polar surface area (TPSA) is 68.2 Å². The first-order chi connectivity index (χ1) is 5.74. The van der Waals surface area contributed by atoms with Crippen molar-refractivity contribution in [3.05, 3.63) is 0 Å². The number of aliphatic hydroxyl groups excluding tert-OH is 2. The van der Waals surface area contributed by atoms with Crippen LogP contribution in [0.2, 0.25) is 0 Å². The number of hydrogen-bond acceptors (Lipinski definition) is 5. The van der Waals surface area contributed by atoms with Gasteiger partial charge in [0.1, 0.15) is 24.4 Å². The van der Waals surface area contributed by atoms with E-state index in [2.05, 4.69) is 0 Å². The Morgan fingerprint density at radius 2 is 2.08 bits per heavy atom. The van der Waals surface area contributed by atoms with E-state index in [1.165, 1.54) is 7.11 Å². The highest BCUT2D eigenvalue weighted by molar-refractivity contribution is 4.94. The van der Waals surface area contributed by atoms with Crippen molar-refractivity contribution in [3.8, 4) is 0 Å². The zero-order valence-corrected chi connectivity index (χ0v) is 6.71. The molecule has 2 unspecified atom stereocenters. The summed E-state index contributed by atoms with van der Waals surface area (Å²) in [5, 5.41) is 18.9. The van der Waals surface area contributed by atoms with Gasteiger partial charge >= 0.3 is 0 Å². The molecule has 2 fully saturated rings. The summed E-state index contributed by atoms with van der Waals surface area (Å²) in [6.45, 7) is 0.322. The van der Waals surface area contributed by atoms with Gasteiger partial charge in [-0.2, -0.15) is 0 Å². The van der Waals surface area contributed by atoms with Gasteiger partial charge < -0.3 is 24.4 Å². The highest BCUT2D eigenvalue weighted by Gasteiger charge is 2.50. The molecule has 5 nitrogen and oxygen atoms in total. The van der Waals surface area contributed by atoms with Crippen molar-refractivity contribution in [3.63, 3.8) is 0 Å². The van der Waals surface area contributed by atoms with Crippen LogP contribution in [0.4, 0.5) is 0 Å². The third-order valence-corrected chi connectivity index (χ3v) is 2.33. The summed E-state index contributed by atoms with van der Waals surface area (Å²) in [7, 11) is 1.45. The largest absolute Gasteiger partial charge is 0.387 e. The van der Waals surface area contributed by atoms with Gasteiger partial charge in [-0.25, -0.2) is 0 Å². The third-order valence-electron chi connectivity index (χ3n) is 2.33. The van der Waals surface area contributed by atoms with Gasteiger partial charge in [0, 0.05) is 7.11 Å². The van der Waals surface area contributed by atoms with Gasteiger partial charge in [0.05, 0.1) is 6.61 Å². The zero-order valence-electron chi connectivity index (χ0n) is 6.71. The molecule has 70 valence electrons. The number of methoxy groups -OCH3 is 1. The SMILES string of the molecule is CO[C@@H]1OC2COC([C@H]2O)[C@H]1O. The van der Waals surface area contributed by atoms with E-state index in [4.69, 9.17) is 14.2 Å². The lowest BCUT2D eigenvalue weighted by Crippen LogP contribution is -2.53. The first kappa shape index (κ1) is 8.40. The smallest absolute Gasteiger partial charge is 0.186 e. The lowest BCUT2D eigenvalue weighted by molar-refractivity contribution is -0.253. The first-order valence-electron chi connectivity index (χ1n) is 3.90. The number of rotatable bonds is 1. The molecule has 0 aromatic carbocycles. The summed E-state index contributed by atoms with van der Waals surface area (Å²) in [4.78, 5) is 0. The molecule has 0 spiro atoms. The van der Waals surface area contributed by atoms with Gasteiger partial charge in [0.2, 0.25) is 0 Å². The molecule has 0 aromatic heterocycles. The Morgan fingerprint density at radius 1 is 1.33 bits per heavy atom. The molecule has 2 N–H and O–H groups in total. The van der Waals surface area contributed by atoms with E-state index in [9.17, 15) is 10.2 Å². The Hall–Kier alpha value is -0.200. The lowest BCUT2D eigenvalue weighted by atomic mass is 10.0. The molecule has 5 atom stereocenters. The second-order valence-electron chi connectivity index (χ2n) is 3.06. The molecule has 2 heterocycles. The van der Waals surface area contributed by atoms with Gasteiger partial charge in [0.15, 0.2) is 6.29 Å². The monoisotopic (exact) mass is 176 g/mol. The zero-order chi connectivity index (χ0) is 8.72. The fourth-order valence-electron chi connectivity index (χ4n) is 1.64. The minimum absolute atomic E-state index is 0.322. The van der Waals surface area contributed by atoms with Crippen LogP contribution >= 0.6 is 0 Å². The van der Waals surface area contributed by atoms with Gasteiger partial charge in [-0.05, 0) is 0 Å². The second-order valence-corrected chi connectivity index (χ2v) is 3.06. The molecule has 2 saturated heterocycles. The van der Waals surface area contributed by atoms with Crippen LogP contribution < -0.4 is 0 Å². The van der Waals surface area contributed by atoms with Gasteiger partial charge in [-0.1, -0.05) is 0 Å². The van der Waals surface area contributed by atoms with E-state index < -0.39 is 24.6 Å². The van der Waals surface area contributed by atoms with Gasteiger partial charge in [-0.15, -0.1) is 0 Å². The quantitative estimate of drug-likeness (QED) is 0.507. The molecule has 0 radical (unpaired) electrons. The van der Waals surface area contributed by atoms with E-state index in [1.54, 1.807) is 0 Å². The van der Waals surface area contributed by atoms with Crippen LogP contribution in [-0.4, -0.2) is 54.6 Å². The van der Waals surface area contributed by atoms with E-state index in [1.807, 2.05) is 0 Å². The van der Waals surface area contributed by atoms with Crippen molar-refractivity contribution in [2.24, 2.45) is 0 Å². The summed E-state index contributed by atoms with van der Waals surface area (Å²) in [6, 6.07) is 0. The molecule has 12 heavy (non-hydrogen) atoms. The molecular weight excluding hydrogens is 164 g/mol. The van der Waals surface area contributed by atoms with Crippen molar-refractivity contribution in [2.75, 3.05) is 13.7 Å². The van der Waals surface area contributed by atoms with E-state index >= 15 is 0 Å². The van der Waals surface area contributed by atoms with Crippen molar-refractivity contribution in [1.29, 1.82) is 0 Å². The summed E-state index contributed by atoms with van der Waals surface area (Å²) in [6.07, 6.45) is -3.22.